The molecule has 0 N–H and O–H groups in total. The molecule has 0 saturated carbocycles. The van der Waals surface area contributed by atoms with Gasteiger partial charge in [0, 0.05) is 0 Å². The Balaban J connectivity index is 0.000000288. The molecule has 0 radical (unpaired) electrons. The lowest BCUT2D eigenvalue weighted by atomic mass is 10.1. The topological polar surface area (TPSA) is 17.1 Å². The molecule has 0 amide bonds. The molecule has 0 aromatic heterocycles. The molecule has 80 valence electrons. The van der Waals surface area contributed by atoms with Crippen LogP contribution in [0.3, 0.4) is 0 Å². The van der Waals surface area contributed by atoms with Crippen LogP contribution in [0.25, 0.3) is 5.57 Å². The average molecular weight is 223 g/mol. The van der Waals surface area contributed by atoms with Gasteiger partial charge < -0.3 is 0 Å². The summed E-state index contributed by atoms with van der Waals surface area (Å²) in [6, 6.07) is 10.2. The Morgan fingerprint density at radius 3 is 2.07 bits per heavy atom. The Hall–Kier alpha value is -1.34. The highest BCUT2D eigenvalue weighted by Crippen LogP contribution is 2.08. The monoisotopic (exact) mass is 222 g/mol. The number of rotatable bonds is 2. The van der Waals surface area contributed by atoms with Gasteiger partial charge in [-0.3, -0.25) is 4.79 Å². The van der Waals surface area contributed by atoms with E-state index in [2.05, 4.69) is 18.7 Å². The third-order valence-corrected chi connectivity index (χ3v) is 1.69. The van der Waals surface area contributed by atoms with Crippen LogP contribution in [0.2, 0.25) is 0 Å². The first kappa shape index (κ1) is 13.7. The zero-order valence-electron chi connectivity index (χ0n) is 9.03. The van der Waals surface area contributed by atoms with Crippen LogP contribution >= 0.6 is 11.6 Å². The zero-order valence-corrected chi connectivity index (χ0v) is 9.79. The van der Waals surface area contributed by atoms with Crippen molar-refractivity contribution in [1.29, 1.82) is 0 Å². The lowest BCUT2D eigenvalue weighted by molar-refractivity contribution is -0.107. The van der Waals surface area contributed by atoms with Crippen LogP contribution in [0.5, 0.6) is 0 Å². The number of carbonyl (C=O) groups excluding carboxylic acids is 1. The van der Waals surface area contributed by atoms with E-state index in [4.69, 9.17) is 11.6 Å². The predicted octanol–water partition coefficient (Wildman–Crippen LogP) is 4.05. The van der Waals surface area contributed by atoms with Crippen molar-refractivity contribution < 1.29 is 4.79 Å². The van der Waals surface area contributed by atoms with Crippen LogP contribution in [0.1, 0.15) is 19.4 Å². The minimum absolute atomic E-state index is 0.419. The Bertz CT molecular complexity index is 339. The Labute approximate surface area is 96.1 Å². The molecular weight excluding hydrogens is 208 g/mol. The SMILES string of the molecule is C=C(C)c1ccccc1.CC=CC(=O)Cl. The van der Waals surface area contributed by atoms with Crippen molar-refractivity contribution in [3.05, 3.63) is 54.6 Å². The smallest absolute Gasteiger partial charge is 0.244 e. The van der Waals surface area contributed by atoms with E-state index in [9.17, 15) is 4.79 Å². The summed E-state index contributed by atoms with van der Waals surface area (Å²) in [5.41, 5.74) is 2.34. The standard InChI is InChI=1S/C9H10.C4H5ClO/c1-8(2)9-6-4-3-5-7-9;1-2-3-4(5)6/h3-7H,1H2,2H3;2-3H,1H3. The van der Waals surface area contributed by atoms with Crippen LogP contribution in [-0.4, -0.2) is 5.24 Å². The summed E-state index contributed by atoms with van der Waals surface area (Å²) in [4.78, 5) is 9.72. The maximum absolute atomic E-state index is 9.72. The molecule has 0 aliphatic rings. The summed E-state index contributed by atoms with van der Waals surface area (Å²) in [5.74, 6) is 0. The third-order valence-electron chi connectivity index (χ3n) is 1.56. The van der Waals surface area contributed by atoms with Crippen molar-refractivity contribution in [1.82, 2.24) is 0 Å². The van der Waals surface area contributed by atoms with E-state index < -0.39 is 5.24 Å². The van der Waals surface area contributed by atoms with Gasteiger partial charge in [0.1, 0.15) is 0 Å². The van der Waals surface area contributed by atoms with E-state index in [1.807, 2.05) is 25.1 Å². The number of benzene rings is 1. The third kappa shape index (κ3) is 7.71. The van der Waals surface area contributed by atoms with Gasteiger partial charge in [-0.2, -0.15) is 0 Å². The van der Waals surface area contributed by atoms with Crippen LogP contribution < -0.4 is 0 Å². The Kier molecular flexibility index (Phi) is 7.29. The second-order valence-electron chi connectivity index (χ2n) is 2.95. The molecular formula is C13H15ClO. The summed E-state index contributed by atoms with van der Waals surface area (Å²) in [5, 5.41) is -0.419. The number of hydrogen-bond donors (Lipinski definition) is 0. The van der Waals surface area contributed by atoms with E-state index in [0.717, 1.165) is 5.57 Å². The predicted molar refractivity (Wildman–Crippen MR) is 66.8 cm³/mol. The second-order valence-corrected chi connectivity index (χ2v) is 3.32. The number of allylic oxidation sites excluding steroid dienone is 3. The molecule has 0 aliphatic carbocycles. The van der Waals surface area contributed by atoms with E-state index in [1.54, 1.807) is 13.0 Å². The van der Waals surface area contributed by atoms with Gasteiger partial charge in [0.2, 0.25) is 5.24 Å². The molecule has 1 nitrogen and oxygen atoms in total. The Morgan fingerprint density at radius 2 is 1.87 bits per heavy atom. The minimum Gasteiger partial charge on any atom is -0.276 e. The molecule has 0 bridgehead atoms. The van der Waals surface area contributed by atoms with Crippen molar-refractivity contribution in [2.45, 2.75) is 13.8 Å². The maximum atomic E-state index is 9.72. The fraction of sp³-hybridized carbons (Fsp3) is 0.154. The fourth-order valence-corrected chi connectivity index (χ4v) is 0.980. The highest BCUT2D eigenvalue weighted by atomic mass is 35.5. The molecule has 0 aliphatic heterocycles. The van der Waals surface area contributed by atoms with E-state index in [0.29, 0.717) is 0 Å². The van der Waals surface area contributed by atoms with Gasteiger partial charge in [0.25, 0.3) is 0 Å². The summed E-state index contributed by atoms with van der Waals surface area (Å²) in [6.07, 6.45) is 2.89. The highest BCUT2D eigenvalue weighted by molar-refractivity contribution is 6.66. The minimum atomic E-state index is -0.419. The summed E-state index contributed by atoms with van der Waals surface area (Å²) >= 11 is 4.85. The number of halogens is 1. The molecule has 0 saturated heterocycles. The van der Waals surface area contributed by atoms with Crippen LogP contribution in [0.15, 0.2) is 49.1 Å². The van der Waals surface area contributed by atoms with Gasteiger partial charge >= 0.3 is 0 Å². The van der Waals surface area contributed by atoms with E-state index >= 15 is 0 Å². The highest BCUT2D eigenvalue weighted by Gasteiger charge is 1.86. The maximum Gasteiger partial charge on any atom is 0.244 e. The fourth-order valence-electron chi connectivity index (χ4n) is 0.854. The van der Waals surface area contributed by atoms with Crippen molar-refractivity contribution in [3.8, 4) is 0 Å². The molecule has 1 aromatic rings. The molecule has 0 spiro atoms. The quantitative estimate of drug-likeness (QED) is 0.545. The molecule has 0 fully saturated rings. The van der Waals surface area contributed by atoms with Gasteiger partial charge in [-0.1, -0.05) is 48.6 Å². The van der Waals surface area contributed by atoms with Crippen molar-refractivity contribution in [2.75, 3.05) is 0 Å². The van der Waals surface area contributed by atoms with Crippen LogP contribution in [-0.2, 0) is 4.79 Å². The zero-order chi connectivity index (χ0) is 11.7. The Morgan fingerprint density at radius 1 is 1.33 bits per heavy atom. The average Bonchev–Trinajstić information content (AvgIpc) is 2.20. The molecule has 15 heavy (non-hydrogen) atoms. The van der Waals surface area contributed by atoms with Crippen LogP contribution in [0.4, 0.5) is 0 Å². The first-order valence-corrected chi connectivity index (χ1v) is 4.98. The van der Waals surface area contributed by atoms with Gasteiger partial charge in [0.05, 0.1) is 0 Å². The molecule has 0 unspecified atom stereocenters. The summed E-state index contributed by atoms with van der Waals surface area (Å²) < 4.78 is 0. The molecule has 0 heterocycles. The number of carbonyl (C=O) groups is 1. The normalized spacial score (nSPS) is 9.27. The molecule has 0 atom stereocenters. The second kappa shape index (κ2) is 8.01. The number of hydrogen-bond acceptors (Lipinski definition) is 1. The van der Waals surface area contributed by atoms with Crippen LogP contribution in [0, 0.1) is 0 Å². The lowest BCUT2D eigenvalue weighted by Crippen LogP contribution is -1.72. The van der Waals surface area contributed by atoms with E-state index in [1.165, 1.54) is 11.6 Å². The summed E-state index contributed by atoms with van der Waals surface area (Å²) in [6.45, 7) is 7.57. The molecule has 1 aromatic carbocycles. The van der Waals surface area contributed by atoms with Crippen molar-refractivity contribution >= 4 is 22.4 Å². The largest absolute Gasteiger partial charge is 0.276 e. The molecule has 2 heteroatoms. The van der Waals surface area contributed by atoms with Gasteiger partial charge in [-0.05, 0) is 37.1 Å². The summed E-state index contributed by atoms with van der Waals surface area (Å²) in [7, 11) is 0. The first-order chi connectivity index (χ1) is 7.07. The van der Waals surface area contributed by atoms with Gasteiger partial charge in [-0.15, -0.1) is 0 Å². The van der Waals surface area contributed by atoms with Crippen molar-refractivity contribution in [3.63, 3.8) is 0 Å². The van der Waals surface area contributed by atoms with Gasteiger partial charge in [-0.25, -0.2) is 0 Å². The van der Waals surface area contributed by atoms with Crippen molar-refractivity contribution in [2.24, 2.45) is 0 Å². The first-order valence-electron chi connectivity index (χ1n) is 4.61. The van der Waals surface area contributed by atoms with Gasteiger partial charge in [0.15, 0.2) is 0 Å². The molecule has 1 rings (SSSR count). The van der Waals surface area contributed by atoms with E-state index in [-0.39, 0.29) is 0 Å². The lowest BCUT2D eigenvalue weighted by Gasteiger charge is -1.94.